The lowest BCUT2D eigenvalue weighted by Crippen LogP contribution is -2.15. The number of benzene rings is 1. The van der Waals surface area contributed by atoms with E-state index in [1.807, 2.05) is 0 Å². The molecular weight excluding hydrogens is 211 g/mol. The van der Waals surface area contributed by atoms with E-state index in [1.54, 1.807) is 24.8 Å². The van der Waals surface area contributed by atoms with E-state index in [2.05, 4.69) is 0 Å². The number of hydrogen-bond acceptors (Lipinski definition) is 2. The molecule has 0 aliphatic carbocycles. The van der Waals surface area contributed by atoms with E-state index in [0.29, 0.717) is 5.56 Å². The average Bonchev–Trinajstić information content (AvgIpc) is 2.69. The molecule has 0 radical (unpaired) electrons. The van der Waals surface area contributed by atoms with Crippen LogP contribution >= 0.6 is 11.8 Å². The highest BCUT2D eigenvalue weighted by molar-refractivity contribution is 8.00. The molecule has 1 saturated heterocycles. The van der Waals surface area contributed by atoms with Crippen molar-refractivity contribution in [2.45, 2.75) is 25.0 Å². The Morgan fingerprint density at radius 3 is 2.93 bits per heavy atom. The second kappa shape index (κ2) is 4.35. The van der Waals surface area contributed by atoms with Crippen LogP contribution in [0.5, 0.6) is 0 Å². The number of hydrogen-bond donors (Lipinski definition) is 0. The van der Waals surface area contributed by atoms with Crippen LogP contribution in [0.15, 0.2) is 18.2 Å². The smallest absolute Gasteiger partial charge is 0.176 e. The summed E-state index contributed by atoms with van der Waals surface area (Å²) in [4.78, 5) is 12.0. The summed E-state index contributed by atoms with van der Waals surface area (Å²) in [7, 11) is 0. The first-order chi connectivity index (χ1) is 7.18. The van der Waals surface area contributed by atoms with E-state index >= 15 is 0 Å². The predicted octanol–water partition coefficient (Wildman–Crippen LogP) is 3.21. The molecule has 0 saturated carbocycles. The van der Waals surface area contributed by atoms with Gasteiger partial charge in [0.15, 0.2) is 5.78 Å². The lowest BCUT2D eigenvalue weighted by molar-refractivity contribution is 0.0988. The SMILES string of the molecule is Cc1cc(F)ccc1C(=O)C1CCCS1. The third-order valence-corrected chi connectivity index (χ3v) is 4.05. The summed E-state index contributed by atoms with van der Waals surface area (Å²) in [5, 5.41) is 0.0918. The van der Waals surface area contributed by atoms with Crippen LogP contribution in [0.3, 0.4) is 0 Å². The van der Waals surface area contributed by atoms with Crippen LogP contribution in [0, 0.1) is 12.7 Å². The molecule has 3 heteroatoms. The largest absolute Gasteiger partial charge is 0.293 e. The van der Waals surface area contributed by atoms with Crippen LogP contribution in [0.2, 0.25) is 0 Å². The van der Waals surface area contributed by atoms with Crippen LogP contribution in [0.1, 0.15) is 28.8 Å². The molecular formula is C12H13FOS. The molecule has 1 heterocycles. The fourth-order valence-corrected chi connectivity index (χ4v) is 3.09. The Bertz CT molecular complexity index is 383. The minimum atomic E-state index is -0.275. The normalized spacial score (nSPS) is 20.5. The van der Waals surface area contributed by atoms with Crippen molar-refractivity contribution in [1.29, 1.82) is 0 Å². The Labute approximate surface area is 93.1 Å². The molecule has 0 bridgehead atoms. The molecule has 80 valence electrons. The van der Waals surface area contributed by atoms with E-state index in [9.17, 15) is 9.18 Å². The second-order valence-electron chi connectivity index (χ2n) is 3.83. The molecule has 1 aliphatic rings. The van der Waals surface area contributed by atoms with Gasteiger partial charge in [-0.05, 0) is 49.3 Å². The van der Waals surface area contributed by atoms with Gasteiger partial charge in [0, 0.05) is 5.56 Å². The second-order valence-corrected chi connectivity index (χ2v) is 5.14. The molecule has 1 aromatic rings. The van der Waals surface area contributed by atoms with Crippen LogP contribution in [0.25, 0.3) is 0 Å². The third kappa shape index (κ3) is 2.23. The topological polar surface area (TPSA) is 17.1 Å². The number of aryl methyl sites for hydroxylation is 1. The highest BCUT2D eigenvalue weighted by Gasteiger charge is 2.25. The quantitative estimate of drug-likeness (QED) is 0.717. The minimum Gasteiger partial charge on any atom is -0.293 e. The van der Waals surface area contributed by atoms with Crippen molar-refractivity contribution in [2.75, 3.05) is 5.75 Å². The third-order valence-electron chi connectivity index (χ3n) is 2.68. The van der Waals surface area contributed by atoms with Crippen molar-refractivity contribution in [1.82, 2.24) is 0 Å². The summed E-state index contributed by atoms with van der Waals surface area (Å²) >= 11 is 1.71. The molecule has 0 spiro atoms. The van der Waals surface area contributed by atoms with Crippen molar-refractivity contribution in [3.05, 3.63) is 35.1 Å². The van der Waals surface area contributed by atoms with Gasteiger partial charge < -0.3 is 0 Å². The molecule has 1 unspecified atom stereocenters. The van der Waals surface area contributed by atoms with Gasteiger partial charge in [0.2, 0.25) is 0 Å². The zero-order valence-electron chi connectivity index (χ0n) is 8.63. The lowest BCUT2D eigenvalue weighted by Gasteiger charge is -2.09. The van der Waals surface area contributed by atoms with Gasteiger partial charge >= 0.3 is 0 Å². The highest BCUT2D eigenvalue weighted by Crippen LogP contribution is 2.29. The maximum atomic E-state index is 12.9. The Hall–Kier alpha value is -0.830. The minimum absolute atomic E-state index is 0.0918. The van der Waals surface area contributed by atoms with Crippen LogP contribution in [-0.2, 0) is 0 Å². The fourth-order valence-electron chi connectivity index (χ4n) is 1.86. The maximum Gasteiger partial charge on any atom is 0.176 e. The Morgan fingerprint density at radius 1 is 1.53 bits per heavy atom. The number of ketones is 1. The summed E-state index contributed by atoms with van der Waals surface area (Å²) in [5.74, 6) is 0.953. The summed E-state index contributed by atoms with van der Waals surface area (Å²) in [5.41, 5.74) is 1.42. The Morgan fingerprint density at radius 2 is 2.33 bits per heavy atom. The predicted molar refractivity (Wildman–Crippen MR) is 60.9 cm³/mol. The number of rotatable bonds is 2. The summed E-state index contributed by atoms with van der Waals surface area (Å²) in [6, 6.07) is 4.39. The number of carbonyl (C=O) groups is 1. The molecule has 0 amide bonds. The summed E-state index contributed by atoms with van der Waals surface area (Å²) in [6.45, 7) is 1.79. The zero-order chi connectivity index (χ0) is 10.8. The molecule has 15 heavy (non-hydrogen) atoms. The van der Waals surface area contributed by atoms with Gasteiger partial charge in [0.1, 0.15) is 5.82 Å². The van der Waals surface area contributed by atoms with Gasteiger partial charge in [0.25, 0.3) is 0 Å². The van der Waals surface area contributed by atoms with Gasteiger partial charge in [-0.1, -0.05) is 0 Å². The first-order valence-corrected chi connectivity index (χ1v) is 6.15. The van der Waals surface area contributed by atoms with Gasteiger partial charge in [-0.3, -0.25) is 4.79 Å². The molecule has 1 atom stereocenters. The first-order valence-electron chi connectivity index (χ1n) is 5.10. The van der Waals surface area contributed by atoms with Gasteiger partial charge in [0.05, 0.1) is 5.25 Å². The summed E-state index contributed by atoms with van der Waals surface area (Å²) in [6.07, 6.45) is 2.07. The first kappa shape index (κ1) is 10.7. The van der Waals surface area contributed by atoms with Crippen LogP contribution in [-0.4, -0.2) is 16.8 Å². The molecule has 1 fully saturated rings. The molecule has 1 aliphatic heterocycles. The van der Waals surface area contributed by atoms with Gasteiger partial charge in [-0.15, -0.1) is 0 Å². The van der Waals surface area contributed by atoms with Gasteiger partial charge in [-0.25, -0.2) is 4.39 Å². The average molecular weight is 224 g/mol. The number of thioether (sulfide) groups is 1. The van der Waals surface area contributed by atoms with E-state index in [1.165, 1.54) is 12.1 Å². The molecule has 1 nitrogen and oxygen atoms in total. The van der Waals surface area contributed by atoms with E-state index in [0.717, 1.165) is 24.2 Å². The van der Waals surface area contributed by atoms with Gasteiger partial charge in [-0.2, -0.15) is 11.8 Å². The zero-order valence-corrected chi connectivity index (χ0v) is 9.44. The molecule has 0 N–H and O–H groups in total. The van der Waals surface area contributed by atoms with Crippen LogP contribution in [0.4, 0.5) is 4.39 Å². The Balaban J connectivity index is 2.24. The number of carbonyl (C=O) groups excluding carboxylic acids is 1. The van der Waals surface area contributed by atoms with E-state index in [4.69, 9.17) is 0 Å². The number of halogens is 1. The van der Waals surface area contributed by atoms with Crippen molar-refractivity contribution in [2.24, 2.45) is 0 Å². The molecule has 2 rings (SSSR count). The van der Waals surface area contributed by atoms with Crippen molar-refractivity contribution in [3.63, 3.8) is 0 Å². The van der Waals surface area contributed by atoms with E-state index in [-0.39, 0.29) is 16.9 Å². The maximum absolute atomic E-state index is 12.9. The standard InChI is InChI=1S/C12H13FOS/c1-8-7-9(13)4-5-10(8)12(14)11-3-2-6-15-11/h4-5,7,11H,2-3,6H2,1H3. The lowest BCUT2D eigenvalue weighted by atomic mass is 10.0. The van der Waals surface area contributed by atoms with Crippen LogP contribution < -0.4 is 0 Å². The van der Waals surface area contributed by atoms with Crippen molar-refractivity contribution < 1.29 is 9.18 Å². The summed E-state index contributed by atoms with van der Waals surface area (Å²) < 4.78 is 12.9. The monoisotopic (exact) mass is 224 g/mol. The number of Topliss-reactive ketones (excluding diaryl/α,β-unsaturated/α-hetero) is 1. The fraction of sp³-hybridized carbons (Fsp3) is 0.417. The van der Waals surface area contributed by atoms with Crippen molar-refractivity contribution >= 4 is 17.5 Å². The Kier molecular flexibility index (Phi) is 3.10. The molecule has 1 aromatic carbocycles. The highest BCUT2D eigenvalue weighted by atomic mass is 32.2. The molecule has 0 aromatic heterocycles. The van der Waals surface area contributed by atoms with E-state index < -0.39 is 0 Å². The van der Waals surface area contributed by atoms with Crippen molar-refractivity contribution in [3.8, 4) is 0 Å².